The van der Waals surface area contributed by atoms with Crippen LogP contribution in [0.25, 0.3) is 10.9 Å². The molecule has 1 aromatic heterocycles. The van der Waals surface area contributed by atoms with E-state index < -0.39 is 0 Å². The van der Waals surface area contributed by atoms with Crippen molar-refractivity contribution in [3.05, 3.63) is 36.0 Å². The van der Waals surface area contributed by atoms with Gasteiger partial charge in [-0.15, -0.1) is 0 Å². The van der Waals surface area contributed by atoms with Crippen LogP contribution in [0.3, 0.4) is 0 Å². The summed E-state index contributed by atoms with van der Waals surface area (Å²) in [5.41, 5.74) is 2.70. The van der Waals surface area contributed by atoms with Gasteiger partial charge in [0, 0.05) is 18.3 Å². The standard InChI is InChI=1S/C15H21NO/c1-4-13-5-6-15-14(11-13)7-8-16(15)9-10-17-12(2)3/h5-8,11-12H,4,9-10H2,1-3H3. The second-order valence-electron chi connectivity index (χ2n) is 4.68. The van der Waals surface area contributed by atoms with Crippen LogP contribution in [0.1, 0.15) is 26.3 Å². The van der Waals surface area contributed by atoms with Gasteiger partial charge in [0.2, 0.25) is 0 Å². The fourth-order valence-electron chi connectivity index (χ4n) is 2.05. The monoisotopic (exact) mass is 231 g/mol. The van der Waals surface area contributed by atoms with Crippen molar-refractivity contribution in [2.45, 2.75) is 39.8 Å². The Morgan fingerprint density at radius 2 is 2.06 bits per heavy atom. The maximum atomic E-state index is 5.59. The molecular weight excluding hydrogens is 210 g/mol. The minimum absolute atomic E-state index is 0.309. The smallest absolute Gasteiger partial charge is 0.0649 e. The van der Waals surface area contributed by atoms with Crippen molar-refractivity contribution >= 4 is 10.9 Å². The van der Waals surface area contributed by atoms with Crippen molar-refractivity contribution in [2.75, 3.05) is 6.61 Å². The van der Waals surface area contributed by atoms with Gasteiger partial charge in [0.1, 0.15) is 0 Å². The largest absolute Gasteiger partial charge is 0.377 e. The van der Waals surface area contributed by atoms with Gasteiger partial charge in [-0.3, -0.25) is 0 Å². The Hall–Kier alpha value is -1.28. The Morgan fingerprint density at radius 3 is 2.76 bits per heavy atom. The summed E-state index contributed by atoms with van der Waals surface area (Å²) >= 11 is 0. The molecule has 2 rings (SSSR count). The molecule has 0 atom stereocenters. The first kappa shape index (κ1) is 12.2. The van der Waals surface area contributed by atoms with Gasteiger partial charge in [0.15, 0.2) is 0 Å². The molecule has 0 unspecified atom stereocenters. The highest BCUT2D eigenvalue weighted by molar-refractivity contribution is 5.80. The minimum Gasteiger partial charge on any atom is -0.377 e. The number of hydrogen-bond donors (Lipinski definition) is 0. The first-order valence-corrected chi connectivity index (χ1v) is 6.40. The van der Waals surface area contributed by atoms with E-state index in [1.54, 1.807) is 0 Å². The molecule has 1 aromatic carbocycles. The summed E-state index contributed by atoms with van der Waals surface area (Å²) in [5, 5.41) is 1.33. The van der Waals surface area contributed by atoms with E-state index in [0.717, 1.165) is 19.6 Å². The predicted octanol–water partition coefficient (Wildman–Crippen LogP) is 3.63. The van der Waals surface area contributed by atoms with Gasteiger partial charge >= 0.3 is 0 Å². The third-order valence-electron chi connectivity index (χ3n) is 3.03. The highest BCUT2D eigenvalue weighted by atomic mass is 16.5. The Labute approximate surface area is 103 Å². The van der Waals surface area contributed by atoms with E-state index in [2.05, 4.69) is 55.8 Å². The van der Waals surface area contributed by atoms with Crippen molar-refractivity contribution in [2.24, 2.45) is 0 Å². The average molecular weight is 231 g/mol. The number of aryl methyl sites for hydroxylation is 1. The third-order valence-corrected chi connectivity index (χ3v) is 3.03. The maximum absolute atomic E-state index is 5.59. The molecule has 0 fully saturated rings. The zero-order chi connectivity index (χ0) is 12.3. The number of hydrogen-bond acceptors (Lipinski definition) is 1. The van der Waals surface area contributed by atoms with Crippen LogP contribution in [-0.2, 0) is 17.7 Å². The molecule has 0 amide bonds. The molecule has 0 spiro atoms. The Kier molecular flexibility index (Phi) is 3.85. The molecule has 17 heavy (non-hydrogen) atoms. The van der Waals surface area contributed by atoms with Crippen molar-refractivity contribution < 1.29 is 4.74 Å². The van der Waals surface area contributed by atoms with E-state index in [4.69, 9.17) is 4.74 Å². The Balaban J connectivity index is 2.13. The average Bonchev–Trinajstić information content (AvgIpc) is 2.71. The van der Waals surface area contributed by atoms with E-state index >= 15 is 0 Å². The van der Waals surface area contributed by atoms with E-state index in [0.29, 0.717) is 6.10 Å². The quantitative estimate of drug-likeness (QED) is 0.766. The van der Waals surface area contributed by atoms with E-state index in [9.17, 15) is 0 Å². The van der Waals surface area contributed by atoms with Crippen LogP contribution in [0.2, 0.25) is 0 Å². The summed E-state index contributed by atoms with van der Waals surface area (Å²) in [5.74, 6) is 0. The molecule has 0 aliphatic carbocycles. The number of fused-ring (bicyclic) bond motifs is 1. The molecule has 1 heterocycles. The fourth-order valence-corrected chi connectivity index (χ4v) is 2.05. The number of benzene rings is 1. The summed E-state index contributed by atoms with van der Waals surface area (Å²) in [6, 6.07) is 8.88. The lowest BCUT2D eigenvalue weighted by molar-refractivity contribution is 0.0733. The number of rotatable bonds is 5. The molecule has 2 nitrogen and oxygen atoms in total. The molecule has 2 heteroatoms. The second kappa shape index (κ2) is 5.37. The van der Waals surface area contributed by atoms with Gasteiger partial charge in [-0.25, -0.2) is 0 Å². The molecule has 0 aliphatic rings. The number of nitrogens with zero attached hydrogens (tertiary/aromatic N) is 1. The molecule has 0 N–H and O–H groups in total. The summed E-state index contributed by atoms with van der Waals surface area (Å²) in [6.07, 6.45) is 3.55. The van der Waals surface area contributed by atoms with E-state index in [-0.39, 0.29) is 0 Å². The summed E-state index contributed by atoms with van der Waals surface area (Å²) in [6.45, 7) is 8.03. The van der Waals surface area contributed by atoms with Crippen molar-refractivity contribution in [1.82, 2.24) is 4.57 Å². The predicted molar refractivity (Wildman–Crippen MR) is 72.4 cm³/mol. The van der Waals surface area contributed by atoms with Crippen LogP contribution >= 0.6 is 0 Å². The normalized spacial score (nSPS) is 11.5. The van der Waals surface area contributed by atoms with Gasteiger partial charge in [-0.05, 0) is 49.4 Å². The molecule has 92 valence electrons. The Morgan fingerprint density at radius 1 is 1.24 bits per heavy atom. The SMILES string of the molecule is CCc1ccc2c(ccn2CCOC(C)C)c1. The van der Waals surface area contributed by atoms with Crippen LogP contribution in [0.5, 0.6) is 0 Å². The lowest BCUT2D eigenvalue weighted by Gasteiger charge is -2.09. The van der Waals surface area contributed by atoms with E-state index in [1.807, 2.05) is 0 Å². The van der Waals surface area contributed by atoms with Crippen LogP contribution < -0.4 is 0 Å². The second-order valence-corrected chi connectivity index (χ2v) is 4.68. The summed E-state index contributed by atoms with van der Waals surface area (Å²) in [4.78, 5) is 0. The van der Waals surface area contributed by atoms with Crippen molar-refractivity contribution in [3.8, 4) is 0 Å². The van der Waals surface area contributed by atoms with Gasteiger partial charge in [0.25, 0.3) is 0 Å². The van der Waals surface area contributed by atoms with Crippen LogP contribution in [0, 0.1) is 0 Å². The fraction of sp³-hybridized carbons (Fsp3) is 0.467. The summed E-state index contributed by atoms with van der Waals surface area (Å²) < 4.78 is 7.85. The lowest BCUT2D eigenvalue weighted by Crippen LogP contribution is -2.09. The molecular formula is C15H21NO. The van der Waals surface area contributed by atoms with Crippen molar-refractivity contribution in [1.29, 1.82) is 0 Å². The topological polar surface area (TPSA) is 14.2 Å². The van der Waals surface area contributed by atoms with Gasteiger partial charge in [-0.2, -0.15) is 0 Å². The molecule has 0 radical (unpaired) electrons. The molecule has 0 aliphatic heterocycles. The summed E-state index contributed by atoms with van der Waals surface area (Å²) in [7, 11) is 0. The van der Waals surface area contributed by atoms with Gasteiger partial charge < -0.3 is 9.30 Å². The van der Waals surface area contributed by atoms with Crippen LogP contribution in [0.4, 0.5) is 0 Å². The van der Waals surface area contributed by atoms with E-state index in [1.165, 1.54) is 16.5 Å². The third kappa shape index (κ3) is 2.89. The highest BCUT2D eigenvalue weighted by Crippen LogP contribution is 2.18. The molecule has 0 saturated carbocycles. The number of ether oxygens (including phenoxy) is 1. The Bertz CT molecular complexity index is 485. The molecule has 2 aromatic rings. The van der Waals surface area contributed by atoms with Crippen LogP contribution in [0.15, 0.2) is 30.5 Å². The van der Waals surface area contributed by atoms with Gasteiger partial charge in [0.05, 0.1) is 12.7 Å². The first-order valence-electron chi connectivity index (χ1n) is 6.40. The minimum atomic E-state index is 0.309. The van der Waals surface area contributed by atoms with Crippen molar-refractivity contribution in [3.63, 3.8) is 0 Å². The zero-order valence-electron chi connectivity index (χ0n) is 10.9. The highest BCUT2D eigenvalue weighted by Gasteiger charge is 2.02. The zero-order valence-corrected chi connectivity index (χ0v) is 10.9. The molecule has 0 saturated heterocycles. The molecule has 0 bridgehead atoms. The van der Waals surface area contributed by atoms with Crippen LogP contribution in [-0.4, -0.2) is 17.3 Å². The lowest BCUT2D eigenvalue weighted by atomic mass is 10.1. The number of aromatic nitrogens is 1. The first-order chi connectivity index (χ1) is 8.20. The maximum Gasteiger partial charge on any atom is 0.0649 e. The van der Waals surface area contributed by atoms with Gasteiger partial charge in [-0.1, -0.05) is 13.0 Å².